The maximum atomic E-state index is 10.7. The molecule has 1 aromatic rings. The number of nitro groups is 1. The lowest BCUT2D eigenvalue weighted by molar-refractivity contribution is -0.380. The number of nitrogens with two attached hydrogens (primary N) is 1. The average molecular weight is 287 g/mol. The van der Waals surface area contributed by atoms with Crippen molar-refractivity contribution in [3.63, 3.8) is 0 Å². The molecule has 0 radical (unpaired) electrons. The zero-order chi connectivity index (χ0) is 13.7. The molecule has 0 aliphatic heterocycles. The molecule has 0 bridgehead atoms. The standard InChI is InChI=1S/C11H17N3O2S2/c1-3-4-7-13(2)10(11(12)17)8-5-6-9(18-8)14(15)16/h5-6,10H,3-4,7H2,1-2H3,(H2,12,17). The smallest absolute Gasteiger partial charge is 0.324 e. The van der Waals surface area contributed by atoms with Gasteiger partial charge in [0.1, 0.15) is 0 Å². The van der Waals surface area contributed by atoms with Gasteiger partial charge in [0.05, 0.1) is 16.0 Å². The van der Waals surface area contributed by atoms with E-state index in [-0.39, 0.29) is 11.0 Å². The first-order chi connectivity index (χ1) is 8.47. The summed E-state index contributed by atoms with van der Waals surface area (Å²) in [5, 5.41) is 10.8. The summed E-state index contributed by atoms with van der Waals surface area (Å²) in [6.45, 7) is 2.98. The van der Waals surface area contributed by atoms with E-state index < -0.39 is 4.92 Å². The maximum absolute atomic E-state index is 10.7. The molecule has 18 heavy (non-hydrogen) atoms. The second-order valence-electron chi connectivity index (χ2n) is 4.07. The van der Waals surface area contributed by atoms with Crippen LogP contribution in [0.5, 0.6) is 0 Å². The maximum Gasteiger partial charge on any atom is 0.324 e. The molecule has 100 valence electrons. The number of nitrogens with zero attached hydrogens (tertiary/aromatic N) is 2. The Labute approximate surface area is 116 Å². The van der Waals surface area contributed by atoms with E-state index in [1.54, 1.807) is 6.07 Å². The van der Waals surface area contributed by atoms with E-state index in [0.29, 0.717) is 4.99 Å². The fourth-order valence-corrected chi connectivity index (χ4v) is 3.09. The van der Waals surface area contributed by atoms with Crippen molar-refractivity contribution in [2.24, 2.45) is 5.73 Å². The molecule has 1 rings (SSSR count). The van der Waals surface area contributed by atoms with Gasteiger partial charge in [-0.2, -0.15) is 0 Å². The van der Waals surface area contributed by atoms with Crippen molar-refractivity contribution < 1.29 is 4.92 Å². The molecule has 0 spiro atoms. The van der Waals surface area contributed by atoms with Gasteiger partial charge in [0.25, 0.3) is 0 Å². The van der Waals surface area contributed by atoms with Crippen molar-refractivity contribution >= 4 is 33.5 Å². The van der Waals surface area contributed by atoms with Crippen LogP contribution in [0, 0.1) is 10.1 Å². The van der Waals surface area contributed by atoms with Crippen molar-refractivity contribution in [3.05, 3.63) is 27.1 Å². The van der Waals surface area contributed by atoms with Crippen LogP contribution in [0.1, 0.15) is 30.7 Å². The van der Waals surface area contributed by atoms with Crippen LogP contribution in [0.3, 0.4) is 0 Å². The van der Waals surface area contributed by atoms with Gasteiger partial charge in [0, 0.05) is 10.9 Å². The topological polar surface area (TPSA) is 72.4 Å². The highest BCUT2D eigenvalue weighted by atomic mass is 32.1. The molecule has 0 aliphatic rings. The fourth-order valence-electron chi connectivity index (χ4n) is 1.70. The largest absolute Gasteiger partial charge is 0.392 e. The number of hydrogen-bond acceptors (Lipinski definition) is 5. The van der Waals surface area contributed by atoms with Crippen LogP contribution >= 0.6 is 23.6 Å². The Kier molecular flexibility index (Phi) is 5.64. The number of thiophene rings is 1. The Balaban J connectivity index is 2.89. The van der Waals surface area contributed by atoms with Gasteiger partial charge in [-0.05, 0) is 26.1 Å². The molecule has 0 amide bonds. The van der Waals surface area contributed by atoms with Crippen molar-refractivity contribution in [2.75, 3.05) is 13.6 Å². The number of rotatable bonds is 7. The third-order valence-corrected chi connectivity index (χ3v) is 3.95. The van der Waals surface area contributed by atoms with Gasteiger partial charge in [-0.3, -0.25) is 15.0 Å². The summed E-state index contributed by atoms with van der Waals surface area (Å²) in [4.78, 5) is 13.5. The number of unbranched alkanes of at least 4 members (excludes halogenated alkanes) is 1. The molecule has 1 heterocycles. The summed E-state index contributed by atoms with van der Waals surface area (Å²) in [7, 11) is 1.94. The van der Waals surface area contributed by atoms with Gasteiger partial charge >= 0.3 is 5.00 Å². The van der Waals surface area contributed by atoms with Gasteiger partial charge in [0.2, 0.25) is 0 Å². The van der Waals surface area contributed by atoms with E-state index in [0.717, 1.165) is 35.6 Å². The van der Waals surface area contributed by atoms with Gasteiger partial charge in [0.15, 0.2) is 0 Å². The van der Waals surface area contributed by atoms with Crippen molar-refractivity contribution in [1.82, 2.24) is 4.90 Å². The molecule has 2 N–H and O–H groups in total. The minimum absolute atomic E-state index is 0.121. The average Bonchev–Trinajstić information content (AvgIpc) is 2.75. The lowest BCUT2D eigenvalue weighted by Gasteiger charge is -2.25. The summed E-state index contributed by atoms with van der Waals surface area (Å²) in [5.41, 5.74) is 5.75. The van der Waals surface area contributed by atoms with Crippen LogP contribution in [-0.4, -0.2) is 28.4 Å². The van der Waals surface area contributed by atoms with Crippen LogP contribution in [0.4, 0.5) is 5.00 Å². The summed E-state index contributed by atoms with van der Waals surface area (Å²) in [6.07, 6.45) is 2.13. The Morgan fingerprint density at radius 1 is 1.67 bits per heavy atom. The van der Waals surface area contributed by atoms with Gasteiger partial charge in [-0.25, -0.2) is 0 Å². The lowest BCUT2D eigenvalue weighted by Crippen LogP contribution is -2.34. The normalized spacial score (nSPS) is 12.6. The molecule has 1 atom stereocenters. The lowest BCUT2D eigenvalue weighted by atomic mass is 10.2. The van der Waals surface area contributed by atoms with Gasteiger partial charge < -0.3 is 5.73 Å². The van der Waals surface area contributed by atoms with E-state index in [4.69, 9.17) is 18.0 Å². The first kappa shape index (κ1) is 15.0. The molecular formula is C11H17N3O2S2. The van der Waals surface area contributed by atoms with Crippen molar-refractivity contribution in [3.8, 4) is 0 Å². The van der Waals surface area contributed by atoms with Crippen LogP contribution in [-0.2, 0) is 0 Å². The highest BCUT2D eigenvalue weighted by Crippen LogP contribution is 2.31. The van der Waals surface area contributed by atoms with Gasteiger partial charge in [-0.1, -0.05) is 36.9 Å². The van der Waals surface area contributed by atoms with Gasteiger partial charge in [-0.15, -0.1) is 0 Å². The van der Waals surface area contributed by atoms with E-state index in [9.17, 15) is 10.1 Å². The predicted molar refractivity (Wildman–Crippen MR) is 78.0 cm³/mol. The highest BCUT2D eigenvalue weighted by Gasteiger charge is 2.23. The Bertz CT molecular complexity index is 434. The predicted octanol–water partition coefficient (Wildman–Crippen LogP) is 2.72. The quantitative estimate of drug-likeness (QED) is 0.474. The summed E-state index contributed by atoms with van der Waals surface area (Å²) in [6, 6.07) is 3.01. The molecule has 1 aromatic heterocycles. The molecule has 5 nitrogen and oxygen atoms in total. The minimum atomic E-state index is -0.392. The summed E-state index contributed by atoms with van der Waals surface area (Å²) >= 11 is 6.20. The number of hydrogen-bond donors (Lipinski definition) is 1. The Morgan fingerprint density at radius 2 is 2.33 bits per heavy atom. The number of thiocarbonyl (C=S) groups is 1. The summed E-state index contributed by atoms with van der Waals surface area (Å²) in [5.74, 6) is 0. The molecule has 7 heteroatoms. The molecule has 0 fully saturated rings. The molecular weight excluding hydrogens is 270 g/mol. The van der Waals surface area contributed by atoms with Crippen LogP contribution < -0.4 is 5.73 Å². The monoisotopic (exact) mass is 287 g/mol. The van der Waals surface area contributed by atoms with Crippen LogP contribution in [0.15, 0.2) is 12.1 Å². The Morgan fingerprint density at radius 3 is 2.78 bits per heavy atom. The minimum Gasteiger partial charge on any atom is -0.392 e. The second-order valence-corrected chi connectivity index (χ2v) is 5.64. The SMILES string of the molecule is CCCCN(C)C(C(N)=S)c1ccc([N+](=O)[O-])s1. The summed E-state index contributed by atoms with van der Waals surface area (Å²) < 4.78 is 0. The second kappa shape index (κ2) is 6.77. The van der Waals surface area contributed by atoms with E-state index in [2.05, 4.69) is 6.92 Å². The molecule has 0 aliphatic carbocycles. The number of likely N-dealkylation sites (N-methyl/N-ethyl adjacent to an activating group) is 1. The van der Waals surface area contributed by atoms with E-state index >= 15 is 0 Å². The zero-order valence-corrected chi connectivity index (χ0v) is 12.1. The fraction of sp³-hybridized carbons (Fsp3) is 0.545. The molecule has 0 saturated heterocycles. The molecule has 0 aromatic carbocycles. The van der Waals surface area contributed by atoms with Crippen LogP contribution in [0.25, 0.3) is 0 Å². The van der Waals surface area contributed by atoms with Crippen molar-refractivity contribution in [1.29, 1.82) is 0 Å². The van der Waals surface area contributed by atoms with Crippen LogP contribution in [0.2, 0.25) is 0 Å². The first-order valence-corrected chi connectivity index (χ1v) is 6.93. The van der Waals surface area contributed by atoms with E-state index in [1.807, 2.05) is 11.9 Å². The molecule has 0 saturated carbocycles. The third-order valence-electron chi connectivity index (χ3n) is 2.64. The first-order valence-electron chi connectivity index (χ1n) is 5.71. The molecule has 1 unspecified atom stereocenters. The Hall–Kier alpha value is -1.05. The third kappa shape index (κ3) is 3.72. The van der Waals surface area contributed by atoms with Crippen molar-refractivity contribution in [2.45, 2.75) is 25.8 Å². The zero-order valence-electron chi connectivity index (χ0n) is 10.5. The van der Waals surface area contributed by atoms with E-state index in [1.165, 1.54) is 6.07 Å². The highest BCUT2D eigenvalue weighted by molar-refractivity contribution is 7.80.